The number of hydrogen-bond donors (Lipinski definition) is 2. The quantitative estimate of drug-likeness (QED) is 0.874. The number of rotatable bonds is 4. The van der Waals surface area contributed by atoms with Crippen LogP contribution in [-0.4, -0.2) is 32.3 Å². The average Bonchev–Trinajstić information content (AvgIpc) is 2.35. The Bertz CT molecular complexity index is 640. The monoisotopic (exact) mass is 328 g/mol. The molecule has 5 nitrogen and oxygen atoms in total. The zero-order valence-corrected chi connectivity index (χ0v) is 11.2. The Morgan fingerprint density at radius 2 is 2.05 bits per heavy atom. The van der Waals surface area contributed by atoms with E-state index in [9.17, 15) is 21.6 Å². The standard InChI is InChI=1S/C10H8ClF3N2O3S/c11-7-2-1-6(4-15)3-8(7)20(18,19)16-5-9(17)10(12,13)14/h1-3,9,16-17H,5H2. The molecule has 1 aromatic rings. The van der Waals surface area contributed by atoms with Gasteiger partial charge in [0.15, 0.2) is 6.10 Å². The molecule has 1 aromatic carbocycles. The summed E-state index contributed by atoms with van der Waals surface area (Å²) in [5.74, 6) is 0. The van der Waals surface area contributed by atoms with E-state index in [0.717, 1.165) is 12.1 Å². The van der Waals surface area contributed by atoms with Crippen molar-refractivity contribution in [1.82, 2.24) is 4.72 Å². The molecule has 0 fully saturated rings. The van der Waals surface area contributed by atoms with Crippen molar-refractivity contribution in [3.8, 4) is 6.07 Å². The zero-order chi connectivity index (χ0) is 15.6. The van der Waals surface area contributed by atoms with Crippen molar-refractivity contribution < 1.29 is 26.7 Å². The van der Waals surface area contributed by atoms with Crippen LogP contribution in [0, 0.1) is 11.3 Å². The zero-order valence-electron chi connectivity index (χ0n) is 9.65. The molecular formula is C10H8ClF3N2O3S. The molecular weight excluding hydrogens is 321 g/mol. The van der Waals surface area contributed by atoms with Gasteiger partial charge in [-0.25, -0.2) is 13.1 Å². The highest BCUT2D eigenvalue weighted by Gasteiger charge is 2.38. The maximum Gasteiger partial charge on any atom is 0.415 e. The summed E-state index contributed by atoms with van der Waals surface area (Å²) < 4.78 is 61.3. The van der Waals surface area contributed by atoms with E-state index in [4.69, 9.17) is 22.0 Å². The first kappa shape index (κ1) is 16.7. The fourth-order valence-corrected chi connectivity index (χ4v) is 2.72. The van der Waals surface area contributed by atoms with Gasteiger partial charge in [-0.3, -0.25) is 0 Å². The van der Waals surface area contributed by atoms with Crippen molar-refractivity contribution in [2.75, 3.05) is 6.54 Å². The number of nitriles is 1. The summed E-state index contributed by atoms with van der Waals surface area (Å²) in [6.45, 7) is -1.25. The van der Waals surface area contributed by atoms with Gasteiger partial charge < -0.3 is 5.11 Å². The van der Waals surface area contributed by atoms with Crippen LogP contribution in [0.2, 0.25) is 5.02 Å². The molecule has 0 aliphatic carbocycles. The molecule has 10 heteroatoms. The fraction of sp³-hybridized carbons (Fsp3) is 0.300. The van der Waals surface area contributed by atoms with E-state index in [-0.39, 0.29) is 10.6 Å². The molecule has 1 rings (SSSR count). The molecule has 0 aromatic heterocycles. The van der Waals surface area contributed by atoms with Gasteiger partial charge in [-0.05, 0) is 18.2 Å². The predicted molar refractivity (Wildman–Crippen MR) is 63.4 cm³/mol. The van der Waals surface area contributed by atoms with Crippen LogP contribution >= 0.6 is 11.6 Å². The van der Waals surface area contributed by atoms with Gasteiger partial charge in [-0.1, -0.05) is 11.6 Å². The van der Waals surface area contributed by atoms with Crippen molar-refractivity contribution in [1.29, 1.82) is 5.26 Å². The van der Waals surface area contributed by atoms with E-state index in [1.54, 1.807) is 10.8 Å². The van der Waals surface area contributed by atoms with Gasteiger partial charge in [0.1, 0.15) is 4.90 Å². The number of halogens is 4. The Balaban J connectivity index is 2.98. The number of nitrogens with one attached hydrogen (secondary N) is 1. The van der Waals surface area contributed by atoms with Gasteiger partial charge in [0.2, 0.25) is 10.0 Å². The Hall–Kier alpha value is -1.34. The summed E-state index contributed by atoms with van der Waals surface area (Å²) in [6, 6.07) is 4.99. The second-order valence-corrected chi connectivity index (χ2v) is 5.81. The lowest BCUT2D eigenvalue weighted by molar-refractivity contribution is -0.200. The van der Waals surface area contributed by atoms with E-state index in [1.165, 1.54) is 6.07 Å². The first-order chi connectivity index (χ1) is 9.08. The highest BCUT2D eigenvalue weighted by Crippen LogP contribution is 2.23. The number of aliphatic hydroxyl groups is 1. The molecule has 1 unspecified atom stereocenters. The molecule has 0 spiro atoms. The molecule has 2 N–H and O–H groups in total. The smallest absolute Gasteiger partial charge is 0.382 e. The summed E-state index contributed by atoms with van der Waals surface area (Å²) in [6.07, 6.45) is -7.78. The number of nitrogens with zero attached hydrogens (tertiary/aromatic N) is 1. The summed E-state index contributed by atoms with van der Waals surface area (Å²) in [7, 11) is -4.37. The maximum absolute atomic E-state index is 12.1. The molecule has 0 aliphatic rings. The van der Waals surface area contributed by atoms with Gasteiger partial charge in [0.05, 0.1) is 16.7 Å². The van der Waals surface area contributed by atoms with E-state index in [1.807, 2.05) is 0 Å². The lowest BCUT2D eigenvalue weighted by atomic mass is 10.2. The van der Waals surface area contributed by atoms with Crippen molar-refractivity contribution in [3.05, 3.63) is 28.8 Å². The number of aliphatic hydroxyl groups excluding tert-OH is 1. The minimum Gasteiger partial charge on any atom is -0.382 e. The normalized spacial score (nSPS) is 13.8. The van der Waals surface area contributed by atoms with Gasteiger partial charge in [-0.2, -0.15) is 18.4 Å². The van der Waals surface area contributed by atoms with Crippen LogP contribution in [0.1, 0.15) is 5.56 Å². The highest BCUT2D eigenvalue weighted by atomic mass is 35.5. The Morgan fingerprint density at radius 1 is 1.45 bits per heavy atom. The third-order valence-corrected chi connectivity index (χ3v) is 4.10. The maximum atomic E-state index is 12.1. The summed E-state index contributed by atoms with van der Waals surface area (Å²) >= 11 is 5.63. The van der Waals surface area contributed by atoms with Crippen LogP contribution in [0.3, 0.4) is 0 Å². The van der Waals surface area contributed by atoms with E-state index < -0.39 is 33.7 Å². The highest BCUT2D eigenvalue weighted by molar-refractivity contribution is 7.89. The summed E-state index contributed by atoms with van der Waals surface area (Å²) in [5.41, 5.74) is -0.0221. The minimum absolute atomic E-state index is 0.0221. The molecule has 0 saturated heterocycles. The number of alkyl halides is 3. The van der Waals surface area contributed by atoms with Crippen LogP contribution in [0.5, 0.6) is 0 Å². The van der Waals surface area contributed by atoms with Crippen LogP contribution in [0.4, 0.5) is 13.2 Å². The summed E-state index contributed by atoms with van der Waals surface area (Å²) in [5, 5.41) is 17.1. The lowest BCUT2D eigenvalue weighted by Crippen LogP contribution is -2.40. The Morgan fingerprint density at radius 3 is 2.55 bits per heavy atom. The molecule has 1 atom stereocenters. The second-order valence-electron chi connectivity index (χ2n) is 3.67. The minimum atomic E-state index is -4.94. The molecule has 0 aliphatic heterocycles. The largest absolute Gasteiger partial charge is 0.415 e. The van der Waals surface area contributed by atoms with Crippen LogP contribution in [-0.2, 0) is 10.0 Å². The van der Waals surface area contributed by atoms with Crippen molar-refractivity contribution in [2.24, 2.45) is 0 Å². The van der Waals surface area contributed by atoms with Crippen LogP contribution < -0.4 is 4.72 Å². The lowest BCUT2D eigenvalue weighted by Gasteiger charge is -2.15. The molecule has 0 bridgehead atoms. The van der Waals surface area contributed by atoms with E-state index >= 15 is 0 Å². The predicted octanol–water partition coefficient (Wildman–Crippen LogP) is 1.41. The van der Waals surface area contributed by atoms with Gasteiger partial charge >= 0.3 is 6.18 Å². The molecule has 110 valence electrons. The van der Waals surface area contributed by atoms with Crippen molar-refractivity contribution >= 4 is 21.6 Å². The fourth-order valence-electron chi connectivity index (χ4n) is 1.16. The Kier molecular flexibility index (Phi) is 4.99. The summed E-state index contributed by atoms with van der Waals surface area (Å²) in [4.78, 5) is -0.535. The second kappa shape index (κ2) is 5.97. The number of benzene rings is 1. The Labute approximate surface area is 117 Å². The molecule has 20 heavy (non-hydrogen) atoms. The molecule has 0 heterocycles. The molecule has 0 radical (unpaired) electrons. The molecule has 0 saturated carbocycles. The van der Waals surface area contributed by atoms with Crippen LogP contribution in [0.25, 0.3) is 0 Å². The number of sulfonamides is 1. The van der Waals surface area contributed by atoms with E-state index in [2.05, 4.69) is 0 Å². The van der Waals surface area contributed by atoms with Crippen molar-refractivity contribution in [3.63, 3.8) is 0 Å². The van der Waals surface area contributed by atoms with Gasteiger partial charge in [0, 0.05) is 6.54 Å². The van der Waals surface area contributed by atoms with E-state index in [0.29, 0.717) is 0 Å². The topological polar surface area (TPSA) is 90.2 Å². The third-order valence-electron chi connectivity index (χ3n) is 2.19. The number of hydrogen-bond acceptors (Lipinski definition) is 4. The molecule has 0 amide bonds. The van der Waals surface area contributed by atoms with Gasteiger partial charge in [0.25, 0.3) is 0 Å². The van der Waals surface area contributed by atoms with Crippen LogP contribution in [0.15, 0.2) is 23.1 Å². The first-order valence-electron chi connectivity index (χ1n) is 5.02. The first-order valence-corrected chi connectivity index (χ1v) is 6.88. The van der Waals surface area contributed by atoms with Gasteiger partial charge in [-0.15, -0.1) is 0 Å². The SMILES string of the molecule is N#Cc1ccc(Cl)c(S(=O)(=O)NCC(O)C(F)(F)F)c1. The average molecular weight is 329 g/mol. The third kappa shape index (κ3) is 4.08. The van der Waals surface area contributed by atoms with Crippen molar-refractivity contribution in [2.45, 2.75) is 17.2 Å².